The largest absolute Gasteiger partial charge is 0.497 e. The van der Waals surface area contributed by atoms with Crippen molar-refractivity contribution in [3.63, 3.8) is 0 Å². The van der Waals surface area contributed by atoms with Gasteiger partial charge in [0.05, 0.1) is 24.2 Å². The number of para-hydroxylation sites is 2. The summed E-state index contributed by atoms with van der Waals surface area (Å²) in [5.41, 5.74) is 3.37. The molecular formula is C28H32N4O3. The van der Waals surface area contributed by atoms with Crippen LogP contribution in [0.1, 0.15) is 50.9 Å². The number of fused-ring (bicyclic) bond motifs is 3. The highest BCUT2D eigenvalue weighted by Gasteiger charge is 2.40. The fourth-order valence-corrected chi connectivity index (χ4v) is 4.73. The lowest BCUT2D eigenvalue weighted by atomic mass is 9.97. The molecule has 1 aliphatic heterocycles. The Bertz CT molecular complexity index is 1240. The topological polar surface area (TPSA) is 66.8 Å². The van der Waals surface area contributed by atoms with Gasteiger partial charge in [0.15, 0.2) is 0 Å². The molecule has 35 heavy (non-hydrogen) atoms. The van der Waals surface area contributed by atoms with Crippen LogP contribution in [-0.4, -0.2) is 46.6 Å². The number of nitrogens with zero attached hydrogens (tertiary/aromatic N) is 3. The summed E-state index contributed by atoms with van der Waals surface area (Å²) in [6.07, 6.45) is 3.87. The van der Waals surface area contributed by atoms with Gasteiger partial charge in [0.2, 0.25) is 5.91 Å². The zero-order chi connectivity index (χ0) is 24.7. The summed E-state index contributed by atoms with van der Waals surface area (Å²) in [5.74, 6) is 0.652. The van der Waals surface area contributed by atoms with Crippen molar-refractivity contribution >= 4 is 17.6 Å². The van der Waals surface area contributed by atoms with Gasteiger partial charge in [-0.15, -0.1) is 0 Å². The zero-order valence-corrected chi connectivity index (χ0v) is 20.7. The van der Waals surface area contributed by atoms with Gasteiger partial charge >= 0.3 is 6.03 Å². The van der Waals surface area contributed by atoms with Gasteiger partial charge in [0.25, 0.3) is 0 Å². The van der Waals surface area contributed by atoms with Crippen LogP contribution in [0.2, 0.25) is 0 Å². The molecule has 3 aromatic rings. The van der Waals surface area contributed by atoms with Gasteiger partial charge in [-0.25, -0.2) is 4.79 Å². The summed E-state index contributed by atoms with van der Waals surface area (Å²) in [5, 5.41) is 3.03. The number of carbonyl (C=O) groups is 2. The standard InChI is InChI=1S/C28H32N4O3/c1-28(2,3)29-27(34)31(20-13-14-20)18-25(33)32-23-9-6-5-8-22(23)30-17-7-10-24(30)26(32)19-11-15-21(35-4)16-12-19/h5-12,15-17,20,26H,13-14,18H2,1-4H3,(H,29,34). The van der Waals surface area contributed by atoms with Gasteiger partial charge in [-0.1, -0.05) is 24.3 Å². The molecule has 182 valence electrons. The minimum absolute atomic E-state index is 0.0221. The third-order valence-corrected chi connectivity index (χ3v) is 6.46. The number of rotatable bonds is 5. The van der Waals surface area contributed by atoms with E-state index in [2.05, 4.69) is 16.0 Å². The minimum atomic E-state index is -0.378. The van der Waals surface area contributed by atoms with E-state index in [1.165, 1.54) is 0 Å². The first-order valence-corrected chi connectivity index (χ1v) is 12.1. The Balaban J connectivity index is 1.55. The Morgan fingerprint density at radius 1 is 1.00 bits per heavy atom. The number of ether oxygens (including phenoxy) is 1. The number of nitrogens with one attached hydrogen (secondary N) is 1. The maximum atomic E-state index is 14.1. The van der Waals surface area contributed by atoms with E-state index < -0.39 is 0 Å². The molecule has 0 radical (unpaired) electrons. The third-order valence-electron chi connectivity index (χ3n) is 6.46. The van der Waals surface area contributed by atoms with Crippen LogP contribution >= 0.6 is 0 Å². The summed E-state index contributed by atoms with van der Waals surface area (Å²) < 4.78 is 7.49. The Morgan fingerprint density at radius 2 is 1.69 bits per heavy atom. The van der Waals surface area contributed by atoms with Gasteiger partial charge < -0.3 is 19.5 Å². The first-order valence-electron chi connectivity index (χ1n) is 12.1. The van der Waals surface area contributed by atoms with Gasteiger partial charge in [-0.2, -0.15) is 0 Å². The summed E-state index contributed by atoms with van der Waals surface area (Å²) in [6.45, 7) is 5.87. The van der Waals surface area contributed by atoms with E-state index in [9.17, 15) is 9.59 Å². The van der Waals surface area contributed by atoms with Crippen LogP contribution in [0.25, 0.3) is 5.69 Å². The van der Waals surface area contributed by atoms with Crippen molar-refractivity contribution < 1.29 is 14.3 Å². The molecule has 7 heteroatoms. The number of carbonyl (C=O) groups excluding carboxylic acids is 2. The predicted octanol–water partition coefficient (Wildman–Crippen LogP) is 4.89. The van der Waals surface area contributed by atoms with E-state index >= 15 is 0 Å². The normalized spacial score (nSPS) is 16.8. The zero-order valence-electron chi connectivity index (χ0n) is 20.7. The molecule has 1 atom stereocenters. The van der Waals surface area contributed by atoms with E-state index in [1.54, 1.807) is 12.0 Å². The second kappa shape index (κ2) is 8.80. The fourth-order valence-electron chi connectivity index (χ4n) is 4.73. The average molecular weight is 473 g/mol. The monoisotopic (exact) mass is 472 g/mol. The van der Waals surface area contributed by atoms with Gasteiger partial charge in [0, 0.05) is 17.8 Å². The second-order valence-corrected chi connectivity index (χ2v) is 10.3. The fraction of sp³-hybridized carbons (Fsp3) is 0.357. The number of hydrogen-bond donors (Lipinski definition) is 1. The number of hydrogen-bond acceptors (Lipinski definition) is 3. The second-order valence-electron chi connectivity index (χ2n) is 10.3. The van der Waals surface area contributed by atoms with E-state index in [0.717, 1.165) is 41.2 Å². The highest BCUT2D eigenvalue weighted by atomic mass is 16.5. The van der Waals surface area contributed by atoms with Gasteiger partial charge in [-0.05, 0) is 75.6 Å². The number of amides is 3. The van der Waals surface area contributed by atoms with Crippen molar-refractivity contribution in [3.05, 3.63) is 78.1 Å². The molecule has 2 aromatic carbocycles. The lowest BCUT2D eigenvalue weighted by molar-refractivity contribution is -0.119. The van der Waals surface area contributed by atoms with Crippen LogP contribution in [0.4, 0.5) is 10.5 Å². The van der Waals surface area contributed by atoms with Crippen molar-refractivity contribution in [1.82, 2.24) is 14.8 Å². The number of methoxy groups -OCH3 is 1. The number of anilines is 1. The van der Waals surface area contributed by atoms with Crippen LogP contribution in [-0.2, 0) is 4.79 Å². The molecule has 2 aliphatic rings. The Labute approximate surface area is 206 Å². The molecule has 1 aromatic heterocycles. The molecule has 0 bridgehead atoms. The van der Waals surface area contributed by atoms with Gasteiger partial charge in [-0.3, -0.25) is 9.69 Å². The molecule has 3 amide bonds. The highest BCUT2D eigenvalue weighted by molar-refractivity contribution is 6.00. The van der Waals surface area contributed by atoms with Crippen molar-refractivity contribution in [2.45, 2.75) is 51.2 Å². The van der Waals surface area contributed by atoms with Crippen LogP contribution in [0.5, 0.6) is 5.75 Å². The molecule has 7 nitrogen and oxygen atoms in total. The van der Waals surface area contributed by atoms with Gasteiger partial charge in [0.1, 0.15) is 18.3 Å². The Hall–Kier alpha value is -3.74. The van der Waals surface area contributed by atoms with E-state index in [-0.39, 0.29) is 36.1 Å². The van der Waals surface area contributed by atoms with Crippen LogP contribution in [0.3, 0.4) is 0 Å². The van der Waals surface area contributed by atoms with Crippen molar-refractivity contribution in [1.29, 1.82) is 0 Å². The lowest BCUT2D eigenvalue weighted by Crippen LogP contribution is -2.53. The number of aromatic nitrogens is 1. The van der Waals surface area contributed by atoms with Crippen LogP contribution in [0.15, 0.2) is 66.9 Å². The molecule has 5 rings (SSSR count). The van der Waals surface area contributed by atoms with Crippen molar-refractivity contribution in [2.24, 2.45) is 0 Å². The molecule has 0 saturated heterocycles. The summed E-state index contributed by atoms with van der Waals surface area (Å²) >= 11 is 0. The number of benzene rings is 2. The molecule has 1 unspecified atom stereocenters. The SMILES string of the molecule is COc1ccc(C2c3cccn3-c3ccccc3N2C(=O)CN(C(=O)NC(C)(C)C)C2CC2)cc1. The molecular weight excluding hydrogens is 440 g/mol. The molecule has 1 fully saturated rings. The first kappa shape index (κ1) is 23.0. The Kier molecular flexibility index (Phi) is 5.79. The molecule has 2 heterocycles. The third kappa shape index (κ3) is 4.50. The lowest BCUT2D eigenvalue weighted by Gasteiger charge is -2.39. The molecule has 1 aliphatic carbocycles. The molecule has 1 saturated carbocycles. The van der Waals surface area contributed by atoms with Crippen LogP contribution in [0, 0.1) is 0 Å². The Morgan fingerprint density at radius 3 is 2.31 bits per heavy atom. The quantitative estimate of drug-likeness (QED) is 0.575. The highest BCUT2D eigenvalue weighted by Crippen LogP contribution is 2.42. The van der Waals surface area contributed by atoms with Crippen molar-refractivity contribution in [2.75, 3.05) is 18.6 Å². The van der Waals surface area contributed by atoms with E-state index in [1.807, 2.05) is 86.5 Å². The van der Waals surface area contributed by atoms with Crippen LogP contribution < -0.4 is 15.0 Å². The predicted molar refractivity (Wildman–Crippen MR) is 136 cm³/mol. The maximum absolute atomic E-state index is 14.1. The summed E-state index contributed by atoms with van der Waals surface area (Å²) in [7, 11) is 1.64. The molecule has 0 spiro atoms. The minimum Gasteiger partial charge on any atom is -0.497 e. The molecule has 1 N–H and O–H groups in total. The summed E-state index contributed by atoms with van der Waals surface area (Å²) in [4.78, 5) is 30.7. The number of urea groups is 1. The maximum Gasteiger partial charge on any atom is 0.318 e. The summed E-state index contributed by atoms with van der Waals surface area (Å²) in [6, 6.07) is 19.4. The first-order chi connectivity index (χ1) is 16.8. The van der Waals surface area contributed by atoms with E-state index in [4.69, 9.17) is 4.74 Å². The smallest absolute Gasteiger partial charge is 0.318 e. The average Bonchev–Trinajstić information content (AvgIpc) is 3.55. The van der Waals surface area contributed by atoms with E-state index in [0.29, 0.717) is 0 Å². The van der Waals surface area contributed by atoms with Crippen molar-refractivity contribution in [3.8, 4) is 11.4 Å².